The molecular formula is C32H50N2OSn. The normalized spacial score (nSPS) is 20.9. The molecule has 1 fully saturated rings. The van der Waals surface area contributed by atoms with Gasteiger partial charge in [0.2, 0.25) is 0 Å². The predicted octanol–water partition coefficient (Wildman–Crippen LogP) is 6.39. The van der Waals surface area contributed by atoms with Crippen LogP contribution in [0.25, 0.3) is 0 Å². The summed E-state index contributed by atoms with van der Waals surface area (Å²) in [5.41, 5.74) is 4.47. The van der Waals surface area contributed by atoms with Gasteiger partial charge in [-0.25, -0.2) is 0 Å². The van der Waals surface area contributed by atoms with Crippen molar-refractivity contribution >= 4 is 27.6 Å². The second kappa shape index (κ2) is 13.7. The fourth-order valence-electron chi connectivity index (χ4n) is 6.92. The molecule has 3 nitrogen and oxygen atoms in total. The van der Waals surface area contributed by atoms with E-state index < -0.39 is 18.4 Å². The Balaban J connectivity index is 1.58. The Hall–Kier alpha value is -1.04. The molecule has 2 aromatic rings. The monoisotopic (exact) mass is 598 g/mol. The topological polar surface area (TPSA) is 26.7 Å². The molecule has 0 spiro atoms. The van der Waals surface area contributed by atoms with Crippen LogP contribution in [0.15, 0.2) is 48.5 Å². The van der Waals surface area contributed by atoms with Crippen LogP contribution in [0.4, 0.5) is 5.69 Å². The number of unbranched alkanes of at least 4 members (excludes halogenated alkanes) is 3. The maximum absolute atomic E-state index is 11.3. The molecule has 0 aromatic heterocycles. The molecule has 2 aromatic carbocycles. The molecule has 0 amide bonds. The molecule has 0 bridgehead atoms. The van der Waals surface area contributed by atoms with Crippen molar-refractivity contribution in [3.8, 4) is 0 Å². The van der Waals surface area contributed by atoms with E-state index in [0.717, 1.165) is 39.0 Å². The first-order valence-corrected chi connectivity index (χ1v) is 22.4. The third kappa shape index (κ3) is 6.50. The van der Waals surface area contributed by atoms with Gasteiger partial charge in [0.05, 0.1) is 0 Å². The molecule has 36 heavy (non-hydrogen) atoms. The third-order valence-corrected chi connectivity index (χ3v) is 24.9. The summed E-state index contributed by atoms with van der Waals surface area (Å²) in [6, 6.07) is 18.3. The average Bonchev–Trinajstić information content (AvgIpc) is 2.93. The van der Waals surface area contributed by atoms with Gasteiger partial charge in [-0.2, -0.15) is 0 Å². The zero-order valence-corrected chi connectivity index (χ0v) is 26.1. The first-order chi connectivity index (χ1) is 17.6. The SMILES string of the molecule is CCC[CH2][Sn]([CH2]CCC)([CH2]CCC)[c]1cccc2c1C[C@H](N1CCN(c3ccccc3)CC1)[C@@H](O)C2. The molecule has 1 heterocycles. The van der Waals surface area contributed by atoms with Crippen molar-refractivity contribution in [2.45, 2.75) is 97.6 Å². The molecule has 0 unspecified atom stereocenters. The first kappa shape index (κ1) is 28.0. The number of benzene rings is 2. The van der Waals surface area contributed by atoms with Gasteiger partial charge in [-0.3, -0.25) is 0 Å². The molecule has 1 N–H and O–H groups in total. The summed E-state index contributed by atoms with van der Waals surface area (Å²) in [5, 5.41) is 11.3. The molecule has 4 rings (SSSR count). The molecule has 1 aliphatic carbocycles. The average molecular weight is 597 g/mol. The molecule has 1 saturated heterocycles. The van der Waals surface area contributed by atoms with Crippen LogP contribution >= 0.6 is 0 Å². The van der Waals surface area contributed by atoms with Gasteiger partial charge in [0.1, 0.15) is 0 Å². The quantitative estimate of drug-likeness (QED) is 0.288. The minimum atomic E-state index is -2.54. The van der Waals surface area contributed by atoms with Crippen LogP contribution < -0.4 is 8.48 Å². The Morgan fingerprint density at radius 2 is 1.36 bits per heavy atom. The van der Waals surface area contributed by atoms with E-state index in [2.05, 4.69) is 79.1 Å². The molecule has 4 heteroatoms. The van der Waals surface area contributed by atoms with Gasteiger partial charge in [0, 0.05) is 0 Å². The van der Waals surface area contributed by atoms with Crippen molar-refractivity contribution in [3.05, 3.63) is 59.7 Å². The first-order valence-electron chi connectivity index (χ1n) is 14.9. The van der Waals surface area contributed by atoms with Crippen LogP contribution in [0.3, 0.4) is 0 Å². The van der Waals surface area contributed by atoms with Crippen LogP contribution in [0.2, 0.25) is 13.3 Å². The molecule has 0 saturated carbocycles. The summed E-state index contributed by atoms with van der Waals surface area (Å²) in [4.78, 5) is 5.12. The van der Waals surface area contributed by atoms with Crippen molar-refractivity contribution in [2.75, 3.05) is 31.1 Å². The molecule has 2 atom stereocenters. The van der Waals surface area contributed by atoms with E-state index >= 15 is 0 Å². The number of piperazine rings is 1. The number of aliphatic hydroxyl groups excluding tert-OH is 1. The van der Waals surface area contributed by atoms with Gasteiger partial charge < -0.3 is 0 Å². The van der Waals surface area contributed by atoms with E-state index in [0.29, 0.717) is 0 Å². The zero-order valence-electron chi connectivity index (χ0n) is 23.2. The Morgan fingerprint density at radius 3 is 1.94 bits per heavy atom. The Morgan fingerprint density at radius 1 is 0.750 bits per heavy atom. The Bertz CT molecular complexity index is 903. The Labute approximate surface area is 225 Å². The maximum atomic E-state index is 11.3. The number of nitrogens with zero attached hydrogens (tertiary/aromatic N) is 2. The fourth-order valence-corrected chi connectivity index (χ4v) is 24.0. The number of rotatable bonds is 12. The van der Waals surface area contributed by atoms with E-state index in [9.17, 15) is 5.11 Å². The zero-order chi connectivity index (χ0) is 25.4. The molecule has 198 valence electrons. The molecule has 2 aliphatic rings. The van der Waals surface area contributed by atoms with E-state index in [1.54, 1.807) is 5.56 Å². The summed E-state index contributed by atoms with van der Waals surface area (Å²) >= 11 is -2.54. The molecule has 0 radical (unpaired) electrons. The predicted molar refractivity (Wildman–Crippen MR) is 158 cm³/mol. The van der Waals surface area contributed by atoms with Crippen molar-refractivity contribution < 1.29 is 5.11 Å². The minimum absolute atomic E-state index is 0.248. The number of para-hydroxylation sites is 1. The van der Waals surface area contributed by atoms with Crippen LogP contribution in [0, 0.1) is 0 Å². The van der Waals surface area contributed by atoms with Crippen molar-refractivity contribution in [1.82, 2.24) is 4.90 Å². The standard InChI is InChI=1S/C20H23N2O.3C4H9.Sn/c23-20-15-17-7-5-4-6-16(17)14-19(20)22-12-10-21(11-13-22)18-8-2-1-3-9-18;3*1-3-4-2;/h1-5,7-9,19-20,23H,10-15H2;3*1,3-4H2,2H3;/t19-,20-;;;;/m0..../s1. The summed E-state index contributed by atoms with van der Waals surface area (Å²) < 4.78 is 6.40. The van der Waals surface area contributed by atoms with Crippen molar-refractivity contribution in [1.29, 1.82) is 0 Å². The summed E-state index contributed by atoms with van der Waals surface area (Å²) in [5.74, 6) is 0. The molecule has 1 aliphatic heterocycles. The van der Waals surface area contributed by atoms with Crippen LogP contribution in [-0.2, 0) is 12.8 Å². The van der Waals surface area contributed by atoms with Gasteiger partial charge in [0.25, 0.3) is 0 Å². The second-order valence-electron chi connectivity index (χ2n) is 11.4. The van der Waals surface area contributed by atoms with Crippen molar-refractivity contribution in [2.24, 2.45) is 0 Å². The van der Waals surface area contributed by atoms with Gasteiger partial charge in [-0.05, 0) is 0 Å². The van der Waals surface area contributed by atoms with Crippen molar-refractivity contribution in [3.63, 3.8) is 0 Å². The number of hydrogen-bond acceptors (Lipinski definition) is 3. The molecular weight excluding hydrogens is 547 g/mol. The third-order valence-electron chi connectivity index (χ3n) is 9.06. The number of hydrogen-bond donors (Lipinski definition) is 1. The number of aliphatic hydroxyl groups is 1. The summed E-state index contributed by atoms with van der Waals surface area (Å²) in [6.45, 7) is 11.3. The van der Waals surface area contributed by atoms with Gasteiger partial charge >= 0.3 is 226 Å². The summed E-state index contributed by atoms with van der Waals surface area (Å²) in [7, 11) is 0. The van der Waals surface area contributed by atoms with E-state index in [4.69, 9.17) is 0 Å². The van der Waals surface area contributed by atoms with Crippen LogP contribution in [0.5, 0.6) is 0 Å². The van der Waals surface area contributed by atoms with Gasteiger partial charge in [-0.15, -0.1) is 0 Å². The van der Waals surface area contributed by atoms with E-state index in [-0.39, 0.29) is 12.1 Å². The van der Waals surface area contributed by atoms with Crippen LogP contribution in [-0.4, -0.2) is 66.7 Å². The van der Waals surface area contributed by atoms with E-state index in [1.165, 1.54) is 63.1 Å². The number of fused-ring (bicyclic) bond motifs is 1. The van der Waals surface area contributed by atoms with E-state index in [1.807, 2.05) is 3.58 Å². The van der Waals surface area contributed by atoms with Crippen LogP contribution in [0.1, 0.15) is 70.4 Å². The van der Waals surface area contributed by atoms with Gasteiger partial charge in [0.15, 0.2) is 0 Å². The second-order valence-corrected chi connectivity index (χ2v) is 24.6. The number of anilines is 1. The Kier molecular flexibility index (Phi) is 10.6. The fraction of sp³-hybridized carbons (Fsp3) is 0.625. The summed E-state index contributed by atoms with van der Waals surface area (Å²) in [6.07, 6.45) is 9.81. The van der Waals surface area contributed by atoms with Gasteiger partial charge in [-0.1, -0.05) is 0 Å².